The predicted octanol–water partition coefficient (Wildman–Crippen LogP) is 1.28. The molecule has 0 aliphatic carbocycles. The van der Waals surface area contributed by atoms with Crippen molar-refractivity contribution in [2.24, 2.45) is 10.1 Å². The lowest BCUT2D eigenvalue weighted by Gasteiger charge is -2.07. The van der Waals surface area contributed by atoms with Crippen molar-refractivity contribution in [3.8, 4) is 12.1 Å². The Balaban J connectivity index is 2.27. The van der Waals surface area contributed by atoms with Crippen LogP contribution in [0.2, 0.25) is 0 Å². The van der Waals surface area contributed by atoms with E-state index in [1.54, 1.807) is 18.2 Å². The van der Waals surface area contributed by atoms with Crippen molar-refractivity contribution in [3.05, 3.63) is 29.8 Å². The van der Waals surface area contributed by atoms with Crippen molar-refractivity contribution < 1.29 is 4.74 Å². The van der Waals surface area contributed by atoms with Crippen molar-refractivity contribution in [2.75, 3.05) is 18.6 Å². The molecule has 0 bridgehead atoms. The van der Waals surface area contributed by atoms with Gasteiger partial charge in [0.15, 0.2) is 0 Å². The van der Waals surface area contributed by atoms with Gasteiger partial charge in [-0.2, -0.15) is 15.6 Å². The van der Waals surface area contributed by atoms with Gasteiger partial charge in [0.25, 0.3) is 0 Å². The van der Waals surface area contributed by atoms with Gasteiger partial charge in [0, 0.05) is 0 Å². The van der Waals surface area contributed by atoms with E-state index >= 15 is 0 Å². The van der Waals surface area contributed by atoms with E-state index in [0.717, 1.165) is 5.56 Å². The van der Waals surface area contributed by atoms with Crippen LogP contribution >= 0.6 is 0 Å². The molecule has 0 aromatic heterocycles. The number of nitrogens with one attached hydrogen (secondary N) is 1. The quantitative estimate of drug-likeness (QED) is 0.635. The van der Waals surface area contributed by atoms with E-state index in [1.807, 2.05) is 18.2 Å². The van der Waals surface area contributed by atoms with E-state index in [1.165, 1.54) is 0 Å². The molecule has 1 aliphatic rings. The Morgan fingerprint density at radius 2 is 2.11 bits per heavy atom. The minimum atomic E-state index is -0.237. The molecule has 88 valence electrons. The number of rotatable bonds is 3. The average molecular weight is 239 g/mol. The second-order valence-corrected chi connectivity index (χ2v) is 3.38. The Morgan fingerprint density at radius 3 is 2.78 bits per heavy atom. The van der Waals surface area contributed by atoms with Crippen LogP contribution < -0.4 is 5.43 Å². The number of anilines is 1. The van der Waals surface area contributed by atoms with Crippen LogP contribution in [0.4, 0.5) is 5.69 Å². The number of benzene rings is 1. The fraction of sp³-hybridized carbons (Fsp3) is 0.167. The van der Waals surface area contributed by atoms with Crippen molar-refractivity contribution in [1.82, 2.24) is 0 Å². The molecule has 6 heteroatoms. The largest absolute Gasteiger partial charge is 0.475 e. The van der Waals surface area contributed by atoms with Gasteiger partial charge in [0.2, 0.25) is 11.6 Å². The molecule has 0 fully saturated rings. The fourth-order valence-corrected chi connectivity index (χ4v) is 1.46. The number of hydrogen-bond donors (Lipinski definition) is 1. The molecule has 0 saturated heterocycles. The molecule has 0 spiro atoms. The summed E-state index contributed by atoms with van der Waals surface area (Å²) >= 11 is 0. The zero-order chi connectivity index (χ0) is 12.8. The Bertz CT molecular complexity index is 575. The third-order valence-corrected chi connectivity index (χ3v) is 2.24. The van der Waals surface area contributed by atoms with Crippen LogP contribution in [0.1, 0.15) is 5.56 Å². The maximum absolute atomic E-state index is 8.59. The number of para-hydroxylation sites is 1. The lowest BCUT2D eigenvalue weighted by molar-refractivity contribution is 0.348. The summed E-state index contributed by atoms with van der Waals surface area (Å²) < 4.78 is 5.37. The second-order valence-electron chi connectivity index (χ2n) is 3.38. The van der Waals surface area contributed by atoms with E-state index in [9.17, 15) is 0 Å². The SMILES string of the molecule is N#CC(C#N)=NNc1ccccc1C1=NCCO1. The summed E-state index contributed by atoms with van der Waals surface area (Å²) in [5.41, 5.74) is 3.84. The Hall–Kier alpha value is -2.86. The number of hydrogen-bond acceptors (Lipinski definition) is 6. The van der Waals surface area contributed by atoms with Crippen LogP contribution in [0.5, 0.6) is 0 Å². The summed E-state index contributed by atoms with van der Waals surface area (Å²) in [5, 5.41) is 20.9. The first-order chi connectivity index (χ1) is 8.85. The van der Waals surface area contributed by atoms with E-state index in [4.69, 9.17) is 15.3 Å². The summed E-state index contributed by atoms with van der Waals surface area (Å²) in [6.07, 6.45) is 0. The highest BCUT2D eigenvalue weighted by Crippen LogP contribution is 2.18. The Morgan fingerprint density at radius 1 is 1.33 bits per heavy atom. The molecular weight excluding hydrogens is 230 g/mol. The molecule has 1 aliphatic heterocycles. The monoisotopic (exact) mass is 239 g/mol. The molecule has 6 nitrogen and oxygen atoms in total. The first kappa shape index (κ1) is 11.6. The number of hydrazone groups is 1. The lowest BCUT2D eigenvalue weighted by atomic mass is 10.2. The molecule has 1 aromatic rings. The number of nitriles is 2. The topological polar surface area (TPSA) is 93.6 Å². The highest BCUT2D eigenvalue weighted by molar-refractivity contribution is 6.10. The molecule has 0 radical (unpaired) electrons. The molecule has 1 heterocycles. The highest BCUT2D eigenvalue weighted by Gasteiger charge is 2.13. The zero-order valence-electron chi connectivity index (χ0n) is 9.42. The maximum atomic E-state index is 8.59. The van der Waals surface area contributed by atoms with Gasteiger partial charge in [-0.25, -0.2) is 4.99 Å². The van der Waals surface area contributed by atoms with Gasteiger partial charge < -0.3 is 4.74 Å². The van der Waals surface area contributed by atoms with Gasteiger partial charge in [-0.15, -0.1) is 0 Å². The molecule has 2 rings (SSSR count). The molecular formula is C12H9N5O. The standard InChI is InChI=1S/C12H9N5O/c13-7-9(8-14)16-17-11-4-2-1-3-10(11)12-15-5-6-18-12/h1-4,17H,5-6H2. The van der Waals surface area contributed by atoms with Crippen LogP contribution in [0.25, 0.3) is 0 Å². The number of nitrogens with zero attached hydrogens (tertiary/aromatic N) is 4. The third-order valence-electron chi connectivity index (χ3n) is 2.24. The predicted molar refractivity (Wildman–Crippen MR) is 66.1 cm³/mol. The molecule has 0 saturated carbocycles. The third kappa shape index (κ3) is 2.45. The summed E-state index contributed by atoms with van der Waals surface area (Å²) in [5.74, 6) is 0.545. The first-order valence-corrected chi connectivity index (χ1v) is 5.25. The van der Waals surface area contributed by atoms with Crippen LogP contribution in [0.3, 0.4) is 0 Å². The van der Waals surface area contributed by atoms with E-state index in [-0.39, 0.29) is 5.71 Å². The Kier molecular flexibility index (Phi) is 3.53. The molecule has 1 N–H and O–H groups in total. The molecule has 0 amide bonds. The van der Waals surface area contributed by atoms with Gasteiger partial charge in [-0.3, -0.25) is 5.43 Å². The first-order valence-electron chi connectivity index (χ1n) is 5.25. The minimum absolute atomic E-state index is 0.237. The van der Waals surface area contributed by atoms with Crippen LogP contribution in [0.15, 0.2) is 34.4 Å². The fourth-order valence-electron chi connectivity index (χ4n) is 1.46. The van der Waals surface area contributed by atoms with Gasteiger partial charge in [0.05, 0.1) is 17.8 Å². The van der Waals surface area contributed by atoms with Gasteiger partial charge in [0.1, 0.15) is 18.7 Å². The maximum Gasteiger partial charge on any atom is 0.237 e. The molecule has 0 unspecified atom stereocenters. The highest BCUT2D eigenvalue weighted by atomic mass is 16.5. The summed E-state index contributed by atoms with van der Waals surface area (Å²) in [6.45, 7) is 1.20. The van der Waals surface area contributed by atoms with E-state index < -0.39 is 0 Å². The van der Waals surface area contributed by atoms with Crippen molar-refractivity contribution in [2.45, 2.75) is 0 Å². The molecule has 1 aromatic carbocycles. The van der Waals surface area contributed by atoms with Gasteiger partial charge in [-0.05, 0) is 12.1 Å². The Labute approximate surface area is 104 Å². The van der Waals surface area contributed by atoms with Crippen LogP contribution in [-0.2, 0) is 4.74 Å². The zero-order valence-corrected chi connectivity index (χ0v) is 9.42. The summed E-state index contributed by atoms with van der Waals surface area (Å²) in [7, 11) is 0. The summed E-state index contributed by atoms with van der Waals surface area (Å²) in [6, 6.07) is 10.6. The second kappa shape index (κ2) is 5.46. The van der Waals surface area contributed by atoms with Gasteiger partial charge >= 0.3 is 0 Å². The number of ether oxygens (including phenoxy) is 1. The molecule has 18 heavy (non-hydrogen) atoms. The average Bonchev–Trinajstić information content (AvgIpc) is 2.94. The molecule has 0 atom stereocenters. The minimum Gasteiger partial charge on any atom is -0.475 e. The van der Waals surface area contributed by atoms with Crippen molar-refractivity contribution >= 4 is 17.3 Å². The van der Waals surface area contributed by atoms with Crippen molar-refractivity contribution in [3.63, 3.8) is 0 Å². The van der Waals surface area contributed by atoms with Gasteiger partial charge in [-0.1, -0.05) is 12.1 Å². The van der Waals surface area contributed by atoms with Crippen LogP contribution in [-0.4, -0.2) is 24.8 Å². The smallest absolute Gasteiger partial charge is 0.237 e. The summed E-state index contributed by atoms with van der Waals surface area (Å²) in [4.78, 5) is 4.21. The lowest BCUT2D eigenvalue weighted by Crippen LogP contribution is -2.06. The van der Waals surface area contributed by atoms with Crippen LogP contribution in [0, 0.1) is 22.7 Å². The van der Waals surface area contributed by atoms with E-state index in [0.29, 0.717) is 24.7 Å². The van der Waals surface area contributed by atoms with Crippen molar-refractivity contribution in [1.29, 1.82) is 10.5 Å². The van der Waals surface area contributed by atoms with E-state index in [2.05, 4.69) is 15.5 Å². The normalized spacial score (nSPS) is 12.7. The number of aliphatic imine (C=N–C) groups is 1.